The first-order valence-electron chi connectivity index (χ1n) is 6.23. The number of para-hydroxylation sites is 1. The molecule has 0 unspecified atom stereocenters. The van der Waals surface area contributed by atoms with E-state index in [-0.39, 0.29) is 5.60 Å². The molecule has 2 N–H and O–H groups in total. The van der Waals surface area contributed by atoms with Crippen molar-refractivity contribution >= 4 is 28.3 Å². The Balaban J connectivity index is 2.26. The summed E-state index contributed by atoms with van der Waals surface area (Å²) in [5.74, 6) is 1.61. The monoisotopic (exact) mass is 384 g/mol. The smallest absolute Gasteiger partial charge is 0.241 e. The highest BCUT2D eigenvalue weighted by molar-refractivity contribution is 14.1. The number of halogens is 1. The van der Waals surface area contributed by atoms with Gasteiger partial charge in [-0.3, -0.25) is 0 Å². The van der Waals surface area contributed by atoms with Crippen molar-refractivity contribution in [2.45, 2.75) is 26.4 Å². The van der Waals surface area contributed by atoms with Gasteiger partial charge in [0.2, 0.25) is 11.8 Å². The van der Waals surface area contributed by atoms with E-state index >= 15 is 0 Å². The molecule has 0 saturated heterocycles. The third-order valence-electron chi connectivity index (χ3n) is 2.32. The van der Waals surface area contributed by atoms with Gasteiger partial charge in [0, 0.05) is 6.07 Å². The molecular weight excluding hydrogens is 367 g/mol. The molecule has 2 rings (SSSR count). The van der Waals surface area contributed by atoms with Crippen LogP contribution in [0.15, 0.2) is 36.4 Å². The third-order valence-corrected chi connectivity index (χ3v) is 3.21. The number of pyridine rings is 1. The molecule has 20 heavy (non-hydrogen) atoms. The summed E-state index contributed by atoms with van der Waals surface area (Å²) in [5.41, 5.74) is 6.01. The summed E-state index contributed by atoms with van der Waals surface area (Å²) < 4.78 is 12.5. The highest BCUT2D eigenvalue weighted by atomic mass is 127. The Morgan fingerprint density at radius 2 is 1.80 bits per heavy atom. The molecule has 0 spiro atoms. The number of nitrogens with zero attached hydrogens (tertiary/aromatic N) is 1. The molecule has 0 aliphatic heterocycles. The summed E-state index contributed by atoms with van der Waals surface area (Å²) in [6.07, 6.45) is 0. The fourth-order valence-corrected chi connectivity index (χ4v) is 2.00. The third kappa shape index (κ3) is 4.00. The van der Waals surface area contributed by atoms with Crippen molar-refractivity contribution in [3.63, 3.8) is 0 Å². The van der Waals surface area contributed by atoms with Gasteiger partial charge in [-0.1, -0.05) is 12.1 Å². The van der Waals surface area contributed by atoms with Gasteiger partial charge < -0.3 is 15.2 Å². The van der Waals surface area contributed by atoms with E-state index in [1.54, 1.807) is 12.1 Å². The summed E-state index contributed by atoms with van der Waals surface area (Å²) in [4.78, 5) is 4.32. The zero-order chi connectivity index (χ0) is 14.8. The molecule has 0 saturated carbocycles. The molecule has 0 aliphatic carbocycles. The van der Waals surface area contributed by atoms with Gasteiger partial charge in [0.1, 0.15) is 11.4 Å². The molecule has 106 valence electrons. The largest absolute Gasteiger partial charge is 0.470 e. The minimum Gasteiger partial charge on any atom is -0.470 e. The van der Waals surface area contributed by atoms with Gasteiger partial charge >= 0.3 is 0 Å². The molecule has 0 amide bonds. The van der Waals surface area contributed by atoms with Crippen LogP contribution in [-0.2, 0) is 0 Å². The zero-order valence-electron chi connectivity index (χ0n) is 11.7. The maximum atomic E-state index is 5.88. The highest BCUT2D eigenvalue weighted by Gasteiger charge is 2.16. The van der Waals surface area contributed by atoms with Gasteiger partial charge in [0.15, 0.2) is 0 Å². The first kappa shape index (κ1) is 14.9. The fraction of sp³-hybridized carbons (Fsp3) is 0.267. The van der Waals surface area contributed by atoms with Crippen LogP contribution in [0.4, 0.5) is 5.69 Å². The number of rotatable bonds is 3. The normalized spacial score (nSPS) is 11.2. The second kappa shape index (κ2) is 5.87. The van der Waals surface area contributed by atoms with Crippen LogP contribution < -0.4 is 15.2 Å². The Morgan fingerprint density at radius 1 is 1.10 bits per heavy atom. The first-order chi connectivity index (χ1) is 9.35. The van der Waals surface area contributed by atoms with E-state index in [0.29, 0.717) is 17.4 Å². The summed E-state index contributed by atoms with van der Waals surface area (Å²) >= 11 is 2.22. The van der Waals surface area contributed by atoms with E-state index in [2.05, 4.69) is 27.6 Å². The van der Waals surface area contributed by atoms with Gasteiger partial charge in [-0.25, -0.2) is 0 Å². The SMILES string of the molecule is CC(C)(C)Oc1nc(Oc2ccccc2I)ccc1N. The summed E-state index contributed by atoms with van der Waals surface area (Å²) in [7, 11) is 0. The lowest BCUT2D eigenvalue weighted by atomic mass is 10.2. The van der Waals surface area contributed by atoms with E-state index in [4.69, 9.17) is 15.2 Å². The van der Waals surface area contributed by atoms with Crippen LogP contribution in [0.1, 0.15) is 20.8 Å². The number of benzene rings is 1. The second-order valence-corrected chi connectivity index (χ2v) is 6.45. The second-order valence-electron chi connectivity index (χ2n) is 5.29. The van der Waals surface area contributed by atoms with Crippen molar-refractivity contribution in [1.82, 2.24) is 4.98 Å². The minimum atomic E-state index is -0.360. The Morgan fingerprint density at radius 3 is 2.45 bits per heavy atom. The molecule has 1 aromatic carbocycles. The summed E-state index contributed by atoms with van der Waals surface area (Å²) in [5, 5.41) is 0. The Hall–Kier alpha value is -1.50. The average molecular weight is 384 g/mol. The van der Waals surface area contributed by atoms with Crippen molar-refractivity contribution in [2.24, 2.45) is 0 Å². The van der Waals surface area contributed by atoms with Gasteiger partial charge in [0.25, 0.3) is 0 Å². The van der Waals surface area contributed by atoms with Gasteiger partial charge in [-0.15, -0.1) is 0 Å². The molecule has 0 fully saturated rings. The van der Waals surface area contributed by atoms with Crippen molar-refractivity contribution < 1.29 is 9.47 Å². The lowest BCUT2D eigenvalue weighted by Crippen LogP contribution is -2.24. The Bertz CT molecular complexity index is 609. The number of aromatic nitrogens is 1. The lowest BCUT2D eigenvalue weighted by Gasteiger charge is -2.21. The molecular formula is C15H17IN2O2. The maximum absolute atomic E-state index is 5.88. The van der Waals surface area contributed by atoms with Crippen LogP contribution in [0.5, 0.6) is 17.5 Å². The number of hydrogen-bond acceptors (Lipinski definition) is 4. The molecule has 0 bridgehead atoms. The molecule has 0 aliphatic rings. The van der Waals surface area contributed by atoms with Crippen LogP contribution in [0.3, 0.4) is 0 Å². The van der Waals surface area contributed by atoms with Gasteiger partial charge in [-0.05, 0) is 61.6 Å². The molecule has 1 aromatic heterocycles. The van der Waals surface area contributed by atoms with E-state index in [0.717, 1.165) is 9.32 Å². The topological polar surface area (TPSA) is 57.4 Å². The van der Waals surface area contributed by atoms with Crippen LogP contribution in [0.25, 0.3) is 0 Å². The molecule has 4 nitrogen and oxygen atoms in total. The van der Waals surface area contributed by atoms with E-state index < -0.39 is 0 Å². The van der Waals surface area contributed by atoms with Crippen LogP contribution in [0, 0.1) is 3.57 Å². The van der Waals surface area contributed by atoms with Crippen LogP contribution in [-0.4, -0.2) is 10.6 Å². The predicted molar refractivity (Wildman–Crippen MR) is 88.3 cm³/mol. The predicted octanol–water partition coefficient (Wildman–Crippen LogP) is 4.24. The fourth-order valence-electron chi connectivity index (χ4n) is 1.50. The average Bonchev–Trinajstić information content (AvgIpc) is 2.34. The molecule has 2 aromatic rings. The lowest BCUT2D eigenvalue weighted by molar-refractivity contribution is 0.124. The zero-order valence-corrected chi connectivity index (χ0v) is 13.8. The number of ether oxygens (including phenoxy) is 2. The summed E-state index contributed by atoms with van der Waals surface area (Å²) in [6.45, 7) is 5.84. The molecule has 0 radical (unpaired) electrons. The van der Waals surface area contributed by atoms with Crippen LogP contribution in [0.2, 0.25) is 0 Å². The molecule has 0 atom stereocenters. The highest BCUT2D eigenvalue weighted by Crippen LogP contribution is 2.30. The first-order valence-corrected chi connectivity index (χ1v) is 7.31. The van der Waals surface area contributed by atoms with Gasteiger partial charge in [-0.2, -0.15) is 4.98 Å². The number of nitrogen functional groups attached to an aromatic ring is 1. The van der Waals surface area contributed by atoms with Crippen LogP contribution >= 0.6 is 22.6 Å². The van der Waals surface area contributed by atoms with Crippen molar-refractivity contribution in [1.29, 1.82) is 0 Å². The minimum absolute atomic E-state index is 0.360. The maximum Gasteiger partial charge on any atom is 0.241 e. The van der Waals surface area contributed by atoms with Crippen molar-refractivity contribution in [3.05, 3.63) is 40.0 Å². The van der Waals surface area contributed by atoms with Crippen molar-refractivity contribution in [3.8, 4) is 17.5 Å². The van der Waals surface area contributed by atoms with E-state index in [9.17, 15) is 0 Å². The Kier molecular flexibility index (Phi) is 4.37. The Labute approximate surface area is 132 Å². The van der Waals surface area contributed by atoms with Gasteiger partial charge in [0.05, 0.1) is 9.26 Å². The quantitative estimate of drug-likeness (QED) is 0.805. The summed E-state index contributed by atoms with van der Waals surface area (Å²) in [6, 6.07) is 11.2. The van der Waals surface area contributed by atoms with E-state index in [1.807, 2.05) is 45.0 Å². The number of anilines is 1. The van der Waals surface area contributed by atoms with E-state index in [1.165, 1.54) is 0 Å². The number of hydrogen-bond donors (Lipinski definition) is 1. The molecule has 1 heterocycles. The van der Waals surface area contributed by atoms with Crippen molar-refractivity contribution in [2.75, 3.05) is 5.73 Å². The number of nitrogens with two attached hydrogens (primary N) is 1. The molecule has 5 heteroatoms. The standard InChI is InChI=1S/C15H17IN2O2/c1-15(2,3)20-14-11(17)8-9-13(18-14)19-12-7-5-4-6-10(12)16/h4-9H,17H2,1-3H3.